The van der Waals surface area contributed by atoms with E-state index in [0.717, 1.165) is 44.5 Å². The molecule has 26 heavy (non-hydrogen) atoms. The molecule has 1 saturated heterocycles. The third-order valence-electron chi connectivity index (χ3n) is 5.37. The molecule has 1 aromatic rings. The second-order valence-corrected chi connectivity index (χ2v) is 7.49. The summed E-state index contributed by atoms with van der Waals surface area (Å²) in [6.45, 7) is 5.92. The van der Waals surface area contributed by atoms with E-state index in [-0.39, 0.29) is 36.4 Å². The highest BCUT2D eigenvalue weighted by molar-refractivity contribution is 5.87. The molecule has 1 aliphatic heterocycles. The molecule has 6 heteroatoms. The van der Waals surface area contributed by atoms with Crippen LogP contribution >= 0.6 is 0 Å². The highest BCUT2D eigenvalue weighted by Gasteiger charge is 2.36. The van der Waals surface area contributed by atoms with E-state index in [1.807, 2.05) is 19.1 Å². The van der Waals surface area contributed by atoms with Crippen LogP contribution in [0.1, 0.15) is 51.7 Å². The summed E-state index contributed by atoms with van der Waals surface area (Å²) in [6.07, 6.45) is 6.44. The van der Waals surface area contributed by atoms with Gasteiger partial charge < -0.3 is 19.0 Å². The first-order valence-electron chi connectivity index (χ1n) is 9.80. The standard InChI is InChI=1S/C20H30N2O4/c1-3-15(2)22(20(24)16-8-9-16)14-19(23)21(12-17-6-4-10-25-17)13-18-7-5-11-26-18/h4,6,10,15-16,18H,3,5,7-9,11-14H2,1-2H3/t15-,18+/m1/s1. The van der Waals surface area contributed by atoms with Gasteiger partial charge in [-0.05, 0) is 51.2 Å². The van der Waals surface area contributed by atoms with Crippen molar-refractivity contribution in [3.63, 3.8) is 0 Å². The first kappa shape index (κ1) is 19.0. The van der Waals surface area contributed by atoms with Gasteiger partial charge in [0, 0.05) is 25.1 Å². The SMILES string of the molecule is CC[C@@H](C)N(CC(=O)N(Cc1ccco1)C[C@@H]1CCCO1)C(=O)C1CC1. The summed E-state index contributed by atoms with van der Waals surface area (Å²) in [5, 5.41) is 0. The fourth-order valence-corrected chi connectivity index (χ4v) is 3.36. The molecule has 2 atom stereocenters. The number of rotatable bonds is 9. The minimum atomic E-state index is -0.0359. The van der Waals surface area contributed by atoms with Crippen molar-refractivity contribution in [2.75, 3.05) is 19.7 Å². The van der Waals surface area contributed by atoms with Gasteiger partial charge in [-0.15, -0.1) is 0 Å². The number of hydrogen-bond acceptors (Lipinski definition) is 4. The van der Waals surface area contributed by atoms with E-state index in [4.69, 9.17) is 9.15 Å². The molecule has 1 aliphatic carbocycles. The Morgan fingerprint density at radius 1 is 1.31 bits per heavy atom. The summed E-state index contributed by atoms with van der Waals surface area (Å²) in [7, 11) is 0. The minimum Gasteiger partial charge on any atom is -0.467 e. The molecular formula is C20H30N2O4. The van der Waals surface area contributed by atoms with Gasteiger partial charge in [0.25, 0.3) is 0 Å². The Labute approximate surface area is 155 Å². The summed E-state index contributed by atoms with van der Waals surface area (Å²) < 4.78 is 11.1. The van der Waals surface area contributed by atoms with E-state index in [0.29, 0.717) is 13.1 Å². The second kappa shape index (κ2) is 8.71. The van der Waals surface area contributed by atoms with Crippen LogP contribution in [0.3, 0.4) is 0 Å². The molecule has 0 unspecified atom stereocenters. The Kier molecular flexibility index (Phi) is 6.35. The van der Waals surface area contributed by atoms with E-state index in [1.54, 1.807) is 16.1 Å². The average molecular weight is 362 g/mol. The quantitative estimate of drug-likeness (QED) is 0.678. The number of hydrogen-bond donors (Lipinski definition) is 0. The summed E-state index contributed by atoms with van der Waals surface area (Å²) in [4.78, 5) is 29.3. The zero-order valence-corrected chi connectivity index (χ0v) is 15.9. The largest absolute Gasteiger partial charge is 0.467 e. The van der Waals surface area contributed by atoms with Crippen LogP contribution in [0.5, 0.6) is 0 Å². The zero-order chi connectivity index (χ0) is 18.5. The van der Waals surface area contributed by atoms with E-state index in [2.05, 4.69) is 6.92 Å². The fourth-order valence-electron chi connectivity index (χ4n) is 3.36. The maximum atomic E-state index is 13.1. The third-order valence-corrected chi connectivity index (χ3v) is 5.37. The van der Waals surface area contributed by atoms with Crippen molar-refractivity contribution in [3.05, 3.63) is 24.2 Å². The summed E-state index contributed by atoms with van der Waals surface area (Å²) in [5.74, 6) is 0.961. The number of furan rings is 1. The molecule has 0 radical (unpaired) electrons. The van der Waals surface area contributed by atoms with E-state index >= 15 is 0 Å². The van der Waals surface area contributed by atoms with Crippen LogP contribution in [-0.2, 0) is 20.9 Å². The molecule has 0 bridgehead atoms. The molecule has 2 amide bonds. The van der Waals surface area contributed by atoms with Crippen LogP contribution < -0.4 is 0 Å². The molecule has 2 heterocycles. The van der Waals surface area contributed by atoms with Crippen LogP contribution in [0.2, 0.25) is 0 Å². The van der Waals surface area contributed by atoms with Crippen molar-refractivity contribution >= 4 is 11.8 Å². The number of amides is 2. The van der Waals surface area contributed by atoms with Gasteiger partial charge in [0.05, 0.1) is 18.9 Å². The molecule has 6 nitrogen and oxygen atoms in total. The average Bonchev–Trinajstić information content (AvgIpc) is 3.13. The molecule has 2 fully saturated rings. The van der Waals surface area contributed by atoms with Gasteiger partial charge in [-0.3, -0.25) is 9.59 Å². The van der Waals surface area contributed by atoms with Gasteiger partial charge in [0.1, 0.15) is 12.3 Å². The number of carbonyl (C=O) groups excluding carboxylic acids is 2. The van der Waals surface area contributed by atoms with Gasteiger partial charge in [-0.25, -0.2) is 0 Å². The van der Waals surface area contributed by atoms with Crippen molar-refractivity contribution in [3.8, 4) is 0 Å². The highest BCUT2D eigenvalue weighted by Crippen LogP contribution is 2.32. The van der Waals surface area contributed by atoms with Gasteiger partial charge in [-0.1, -0.05) is 6.92 Å². The Bertz CT molecular complexity index is 591. The molecule has 144 valence electrons. The van der Waals surface area contributed by atoms with Gasteiger partial charge in [-0.2, -0.15) is 0 Å². The van der Waals surface area contributed by atoms with Crippen LogP contribution in [0.4, 0.5) is 0 Å². The van der Waals surface area contributed by atoms with Crippen molar-refractivity contribution in [1.82, 2.24) is 9.80 Å². The summed E-state index contributed by atoms with van der Waals surface area (Å²) in [6, 6.07) is 3.77. The Morgan fingerprint density at radius 2 is 2.12 bits per heavy atom. The topological polar surface area (TPSA) is 63.0 Å². The van der Waals surface area contributed by atoms with Crippen molar-refractivity contribution in [2.24, 2.45) is 5.92 Å². The molecule has 0 N–H and O–H groups in total. The lowest BCUT2D eigenvalue weighted by Crippen LogP contribution is -2.48. The Hall–Kier alpha value is -1.82. The molecule has 0 spiro atoms. The summed E-state index contributed by atoms with van der Waals surface area (Å²) in [5.41, 5.74) is 0. The maximum Gasteiger partial charge on any atom is 0.242 e. The Morgan fingerprint density at radius 3 is 2.69 bits per heavy atom. The normalized spacial score (nSPS) is 20.8. The van der Waals surface area contributed by atoms with Crippen LogP contribution in [0.25, 0.3) is 0 Å². The molecule has 0 aromatic carbocycles. The number of nitrogens with zero attached hydrogens (tertiary/aromatic N) is 2. The van der Waals surface area contributed by atoms with Crippen molar-refractivity contribution < 1.29 is 18.7 Å². The highest BCUT2D eigenvalue weighted by atomic mass is 16.5. The zero-order valence-electron chi connectivity index (χ0n) is 15.9. The first-order valence-corrected chi connectivity index (χ1v) is 9.80. The first-order chi connectivity index (χ1) is 12.6. The van der Waals surface area contributed by atoms with E-state index in [1.165, 1.54) is 0 Å². The molecule has 1 aromatic heterocycles. The monoisotopic (exact) mass is 362 g/mol. The smallest absolute Gasteiger partial charge is 0.242 e. The molecule has 3 rings (SSSR count). The molecule has 2 aliphatic rings. The van der Waals surface area contributed by atoms with Gasteiger partial charge in [0.2, 0.25) is 11.8 Å². The lowest BCUT2D eigenvalue weighted by Gasteiger charge is -2.32. The van der Waals surface area contributed by atoms with Crippen LogP contribution in [0.15, 0.2) is 22.8 Å². The maximum absolute atomic E-state index is 13.1. The molecule has 1 saturated carbocycles. The second-order valence-electron chi connectivity index (χ2n) is 7.49. The van der Waals surface area contributed by atoms with Crippen molar-refractivity contribution in [1.29, 1.82) is 0 Å². The lowest BCUT2D eigenvalue weighted by atomic mass is 10.1. The van der Waals surface area contributed by atoms with Gasteiger partial charge in [0.15, 0.2) is 0 Å². The predicted octanol–water partition coefficient (Wildman–Crippen LogP) is 2.82. The van der Waals surface area contributed by atoms with Crippen molar-refractivity contribution in [2.45, 2.75) is 64.6 Å². The Balaban J connectivity index is 1.68. The van der Waals surface area contributed by atoms with Gasteiger partial charge >= 0.3 is 0 Å². The third kappa shape index (κ3) is 4.87. The number of ether oxygens (including phenoxy) is 1. The minimum absolute atomic E-state index is 0.0359. The van der Waals surface area contributed by atoms with Crippen LogP contribution in [0, 0.1) is 5.92 Å². The lowest BCUT2D eigenvalue weighted by molar-refractivity contribution is -0.144. The van der Waals surface area contributed by atoms with E-state index < -0.39 is 0 Å². The summed E-state index contributed by atoms with van der Waals surface area (Å²) >= 11 is 0. The fraction of sp³-hybridized carbons (Fsp3) is 0.700. The number of carbonyl (C=O) groups is 2. The predicted molar refractivity (Wildman–Crippen MR) is 97.3 cm³/mol. The molecular weight excluding hydrogens is 332 g/mol. The van der Waals surface area contributed by atoms with Crippen LogP contribution in [-0.4, -0.2) is 53.5 Å². The van der Waals surface area contributed by atoms with E-state index in [9.17, 15) is 9.59 Å².